The third-order valence-corrected chi connectivity index (χ3v) is 4.10. The number of carbonyl (C=O) groups is 1. The van der Waals surface area contributed by atoms with Crippen LogP contribution in [-0.4, -0.2) is 17.0 Å². The summed E-state index contributed by atoms with van der Waals surface area (Å²) in [6.07, 6.45) is 5.41. The van der Waals surface area contributed by atoms with Gasteiger partial charge in [0.2, 0.25) is 0 Å². The molecule has 0 aromatic rings. The van der Waals surface area contributed by atoms with Gasteiger partial charge in [0.05, 0.1) is 6.10 Å². The molecule has 0 amide bonds. The third-order valence-electron chi connectivity index (χ3n) is 4.10. The topological polar surface area (TPSA) is 37.3 Å². The van der Waals surface area contributed by atoms with Crippen LogP contribution in [0, 0.1) is 11.3 Å². The van der Waals surface area contributed by atoms with E-state index >= 15 is 0 Å². The van der Waals surface area contributed by atoms with Crippen LogP contribution in [0.5, 0.6) is 0 Å². The van der Waals surface area contributed by atoms with E-state index in [1.54, 1.807) is 0 Å². The minimum atomic E-state index is -0.101. The van der Waals surface area contributed by atoms with E-state index in [0.717, 1.165) is 38.5 Å². The molecule has 2 aliphatic rings. The van der Waals surface area contributed by atoms with Crippen LogP contribution < -0.4 is 0 Å². The number of aliphatic hydroxyl groups excluding tert-OH is 1. The highest BCUT2D eigenvalue weighted by molar-refractivity contribution is 5.79. The summed E-state index contributed by atoms with van der Waals surface area (Å²) in [5.74, 6) is 0.908. The Bertz CT molecular complexity index is 224. The van der Waals surface area contributed by atoms with Gasteiger partial charge in [0, 0.05) is 12.8 Å². The first-order valence-corrected chi connectivity index (χ1v) is 5.32. The van der Waals surface area contributed by atoms with Gasteiger partial charge in [-0.15, -0.1) is 0 Å². The van der Waals surface area contributed by atoms with Crippen LogP contribution in [-0.2, 0) is 4.79 Å². The summed E-state index contributed by atoms with van der Waals surface area (Å²) in [4.78, 5) is 11.2. The van der Waals surface area contributed by atoms with E-state index in [4.69, 9.17) is 0 Å². The lowest BCUT2D eigenvalue weighted by atomic mass is 9.65. The van der Waals surface area contributed by atoms with Crippen LogP contribution in [0.3, 0.4) is 0 Å². The molecule has 2 saturated carbocycles. The number of hydrogen-bond acceptors (Lipinski definition) is 2. The Hall–Kier alpha value is -0.370. The highest BCUT2D eigenvalue weighted by Crippen LogP contribution is 2.51. The van der Waals surface area contributed by atoms with E-state index in [1.165, 1.54) is 0 Å². The zero-order chi connectivity index (χ0) is 9.47. The Morgan fingerprint density at radius 1 is 1.46 bits per heavy atom. The molecule has 0 heterocycles. The van der Waals surface area contributed by atoms with Gasteiger partial charge in [-0.05, 0) is 37.0 Å². The lowest BCUT2D eigenvalue weighted by Crippen LogP contribution is -2.33. The summed E-state index contributed by atoms with van der Waals surface area (Å²) in [5.41, 5.74) is 0.313. The molecule has 2 fully saturated rings. The van der Waals surface area contributed by atoms with Gasteiger partial charge in [-0.1, -0.05) is 6.92 Å². The standard InChI is InChI=1S/C11H18O2/c1-8-6-9(12)2-4-11(8)5-3-10(13)7-11/h8,10,13H,2-7H2,1H3. The number of carbonyl (C=O) groups excluding carboxylic acids is 1. The highest BCUT2D eigenvalue weighted by atomic mass is 16.3. The van der Waals surface area contributed by atoms with E-state index in [-0.39, 0.29) is 6.10 Å². The van der Waals surface area contributed by atoms with Crippen molar-refractivity contribution in [1.82, 2.24) is 0 Å². The largest absolute Gasteiger partial charge is 0.393 e. The van der Waals surface area contributed by atoms with Crippen LogP contribution in [0.4, 0.5) is 0 Å². The molecule has 0 radical (unpaired) electrons. The monoisotopic (exact) mass is 182 g/mol. The van der Waals surface area contributed by atoms with Gasteiger partial charge in [0.1, 0.15) is 5.78 Å². The molecule has 0 aliphatic heterocycles. The molecule has 1 N–H and O–H groups in total. The zero-order valence-electron chi connectivity index (χ0n) is 8.25. The minimum absolute atomic E-state index is 0.101. The minimum Gasteiger partial charge on any atom is -0.393 e. The molecule has 13 heavy (non-hydrogen) atoms. The van der Waals surface area contributed by atoms with Crippen LogP contribution >= 0.6 is 0 Å². The molecule has 0 aromatic heterocycles. The fourth-order valence-corrected chi connectivity index (χ4v) is 3.10. The molecule has 0 bridgehead atoms. The van der Waals surface area contributed by atoms with E-state index < -0.39 is 0 Å². The van der Waals surface area contributed by atoms with Gasteiger partial charge in [-0.3, -0.25) is 4.79 Å². The molecule has 3 unspecified atom stereocenters. The summed E-state index contributed by atoms with van der Waals surface area (Å²) in [6.45, 7) is 2.18. The summed E-state index contributed by atoms with van der Waals surface area (Å²) in [7, 11) is 0. The lowest BCUT2D eigenvalue weighted by molar-refractivity contribution is -0.124. The first-order valence-electron chi connectivity index (χ1n) is 5.32. The molecular formula is C11H18O2. The van der Waals surface area contributed by atoms with Gasteiger partial charge in [0.15, 0.2) is 0 Å². The van der Waals surface area contributed by atoms with E-state index in [1.807, 2.05) is 0 Å². The molecule has 2 aliphatic carbocycles. The van der Waals surface area contributed by atoms with Crippen LogP contribution in [0.1, 0.15) is 45.4 Å². The van der Waals surface area contributed by atoms with Crippen molar-refractivity contribution in [2.45, 2.75) is 51.6 Å². The van der Waals surface area contributed by atoms with Gasteiger partial charge in [0.25, 0.3) is 0 Å². The van der Waals surface area contributed by atoms with Crippen molar-refractivity contribution in [2.75, 3.05) is 0 Å². The average molecular weight is 182 g/mol. The van der Waals surface area contributed by atoms with Crippen molar-refractivity contribution < 1.29 is 9.90 Å². The van der Waals surface area contributed by atoms with Crippen molar-refractivity contribution in [3.63, 3.8) is 0 Å². The Kier molecular flexibility index (Phi) is 2.18. The predicted octanol–water partition coefficient (Wildman–Crippen LogP) is 1.91. The summed E-state index contributed by atoms with van der Waals surface area (Å²) in [6, 6.07) is 0. The quantitative estimate of drug-likeness (QED) is 0.621. The Morgan fingerprint density at radius 3 is 2.77 bits per heavy atom. The van der Waals surface area contributed by atoms with Crippen molar-refractivity contribution in [1.29, 1.82) is 0 Å². The SMILES string of the molecule is CC1CC(=O)CCC12CCC(O)C2. The molecule has 1 spiro atoms. The molecule has 3 atom stereocenters. The van der Waals surface area contributed by atoms with Crippen molar-refractivity contribution in [3.8, 4) is 0 Å². The maximum absolute atomic E-state index is 11.2. The fourth-order valence-electron chi connectivity index (χ4n) is 3.10. The molecule has 0 saturated heterocycles. The second kappa shape index (κ2) is 3.09. The molecule has 2 rings (SSSR count). The fraction of sp³-hybridized carbons (Fsp3) is 0.909. The Labute approximate surface area is 79.3 Å². The Morgan fingerprint density at radius 2 is 2.23 bits per heavy atom. The second-order valence-electron chi connectivity index (χ2n) is 4.90. The first kappa shape index (κ1) is 9.20. The predicted molar refractivity (Wildman–Crippen MR) is 50.3 cm³/mol. The number of rotatable bonds is 0. The summed E-state index contributed by atoms with van der Waals surface area (Å²) >= 11 is 0. The van der Waals surface area contributed by atoms with Crippen molar-refractivity contribution in [3.05, 3.63) is 0 Å². The maximum Gasteiger partial charge on any atom is 0.133 e. The summed E-state index contributed by atoms with van der Waals surface area (Å²) in [5, 5.41) is 9.55. The van der Waals surface area contributed by atoms with Gasteiger partial charge in [-0.25, -0.2) is 0 Å². The third kappa shape index (κ3) is 1.52. The smallest absolute Gasteiger partial charge is 0.133 e. The normalized spacial score (nSPS) is 45.8. The molecular weight excluding hydrogens is 164 g/mol. The van der Waals surface area contributed by atoms with E-state index in [9.17, 15) is 9.90 Å². The number of ketones is 1. The van der Waals surface area contributed by atoms with E-state index in [0.29, 0.717) is 17.1 Å². The summed E-state index contributed by atoms with van der Waals surface area (Å²) < 4.78 is 0. The average Bonchev–Trinajstić information content (AvgIpc) is 2.43. The van der Waals surface area contributed by atoms with Crippen molar-refractivity contribution in [2.24, 2.45) is 11.3 Å². The van der Waals surface area contributed by atoms with Gasteiger partial charge < -0.3 is 5.11 Å². The number of hydrogen-bond donors (Lipinski definition) is 1. The van der Waals surface area contributed by atoms with Gasteiger partial charge in [-0.2, -0.15) is 0 Å². The molecule has 0 aromatic carbocycles. The highest BCUT2D eigenvalue weighted by Gasteiger charge is 2.45. The van der Waals surface area contributed by atoms with Crippen LogP contribution in [0.15, 0.2) is 0 Å². The van der Waals surface area contributed by atoms with E-state index in [2.05, 4.69) is 6.92 Å². The lowest BCUT2D eigenvalue weighted by Gasteiger charge is -2.39. The zero-order valence-corrected chi connectivity index (χ0v) is 8.25. The Balaban J connectivity index is 2.10. The van der Waals surface area contributed by atoms with Crippen LogP contribution in [0.2, 0.25) is 0 Å². The first-order chi connectivity index (χ1) is 6.12. The number of aliphatic hydroxyl groups is 1. The number of Topliss-reactive ketones (excluding diaryl/α,β-unsaturated/α-hetero) is 1. The van der Waals surface area contributed by atoms with Crippen molar-refractivity contribution >= 4 is 5.78 Å². The molecule has 2 nitrogen and oxygen atoms in total. The van der Waals surface area contributed by atoms with Crippen LogP contribution in [0.25, 0.3) is 0 Å². The molecule has 2 heteroatoms. The molecule has 74 valence electrons. The maximum atomic E-state index is 11.2. The van der Waals surface area contributed by atoms with Gasteiger partial charge >= 0.3 is 0 Å². The second-order valence-corrected chi connectivity index (χ2v) is 4.90.